The van der Waals surface area contributed by atoms with E-state index in [0.717, 1.165) is 12.1 Å². The van der Waals surface area contributed by atoms with Gasteiger partial charge >= 0.3 is 0 Å². The van der Waals surface area contributed by atoms with E-state index in [0.29, 0.717) is 12.8 Å². The molecule has 7 heteroatoms. The van der Waals surface area contributed by atoms with Gasteiger partial charge in [0.1, 0.15) is 22.9 Å². The zero-order valence-electron chi connectivity index (χ0n) is 11.1. The van der Waals surface area contributed by atoms with E-state index in [1.807, 2.05) is 0 Å². The maximum atomic E-state index is 13.3. The number of nitrogens with zero attached hydrogens (tertiary/aromatic N) is 1. The highest BCUT2D eigenvalue weighted by Gasteiger charge is 2.49. The lowest BCUT2D eigenvalue weighted by atomic mass is 9.85. The molecule has 1 aliphatic carbocycles. The van der Waals surface area contributed by atoms with Gasteiger partial charge in [-0.3, -0.25) is 4.79 Å². The minimum atomic E-state index is -2.78. The zero-order valence-corrected chi connectivity index (χ0v) is 11.1. The van der Waals surface area contributed by atoms with E-state index in [2.05, 4.69) is 5.32 Å². The van der Waals surface area contributed by atoms with Crippen LogP contribution >= 0.6 is 0 Å². The Morgan fingerprint density at radius 1 is 1.38 bits per heavy atom. The Hall–Kier alpha value is -2.23. The molecule has 1 aromatic rings. The van der Waals surface area contributed by atoms with Crippen LogP contribution in [0.3, 0.4) is 0 Å². The standard InChI is InChI=1S/C14H14F3N3O/c15-9-3-4-10(11(19)8(9)7-18)20-13(21)14(12(16)17)5-1-2-6-14/h3-4,12H,1-2,5-6,19H2,(H,20,21). The van der Waals surface area contributed by atoms with Crippen LogP contribution in [-0.4, -0.2) is 12.3 Å². The second kappa shape index (κ2) is 5.64. The summed E-state index contributed by atoms with van der Waals surface area (Å²) in [5.74, 6) is -1.66. The molecule has 0 aliphatic heterocycles. The fourth-order valence-electron chi connectivity index (χ4n) is 2.61. The van der Waals surface area contributed by atoms with Crippen molar-refractivity contribution in [3.05, 3.63) is 23.5 Å². The van der Waals surface area contributed by atoms with Crippen molar-refractivity contribution in [1.29, 1.82) is 5.26 Å². The van der Waals surface area contributed by atoms with Crippen LogP contribution in [0.5, 0.6) is 0 Å². The molecule has 1 saturated carbocycles. The molecule has 0 radical (unpaired) electrons. The number of nitrogens with one attached hydrogen (secondary N) is 1. The number of carbonyl (C=O) groups is 1. The molecule has 0 saturated heterocycles. The first kappa shape index (κ1) is 15.2. The Bertz CT molecular complexity index is 604. The number of rotatable bonds is 3. The lowest BCUT2D eigenvalue weighted by Gasteiger charge is -2.26. The summed E-state index contributed by atoms with van der Waals surface area (Å²) in [5, 5.41) is 11.1. The van der Waals surface area contributed by atoms with Crippen LogP contribution in [0.1, 0.15) is 31.2 Å². The normalized spacial score (nSPS) is 16.7. The van der Waals surface area contributed by atoms with Crippen molar-refractivity contribution in [2.75, 3.05) is 11.1 Å². The number of hydrogen-bond donors (Lipinski definition) is 2. The number of nitrogens with two attached hydrogens (primary N) is 1. The van der Waals surface area contributed by atoms with Crippen molar-refractivity contribution >= 4 is 17.3 Å². The Kier molecular flexibility index (Phi) is 4.07. The Morgan fingerprint density at radius 2 is 2.00 bits per heavy atom. The second-order valence-corrected chi connectivity index (χ2v) is 5.11. The molecular formula is C14H14F3N3O. The van der Waals surface area contributed by atoms with E-state index >= 15 is 0 Å². The predicted molar refractivity (Wildman–Crippen MR) is 71.1 cm³/mol. The van der Waals surface area contributed by atoms with Crippen molar-refractivity contribution in [2.24, 2.45) is 5.41 Å². The van der Waals surface area contributed by atoms with Gasteiger partial charge < -0.3 is 11.1 Å². The third-order valence-corrected chi connectivity index (χ3v) is 3.92. The summed E-state index contributed by atoms with van der Waals surface area (Å²) in [4.78, 5) is 12.2. The second-order valence-electron chi connectivity index (χ2n) is 5.11. The van der Waals surface area contributed by atoms with Gasteiger partial charge in [0.15, 0.2) is 0 Å². The Balaban J connectivity index is 2.30. The number of benzene rings is 1. The Labute approximate surface area is 119 Å². The van der Waals surface area contributed by atoms with E-state index in [1.165, 1.54) is 0 Å². The van der Waals surface area contributed by atoms with Crippen LogP contribution < -0.4 is 11.1 Å². The zero-order chi connectivity index (χ0) is 15.6. The fourth-order valence-corrected chi connectivity index (χ4v) is 2.61. The smallest absolute Gasteiger partial charge is 0.252 e. The average Bonchev–Trinajstić information content (AvgIpc) is 2.93. The van der Waals surface area contributed by atoms with Crippen LogP contribution in [0.2, 0.25) is 0 Å². The highest BCUT2D eigenvalue weighted by molar-refractivity contribution is 5.98. The summed E-state index contributed by atoms with van der Waals surface area (Å²) in [6.45, 7) is 0. The molecule has 0 spiro atoms. The first-order valence-electron chi connectivity index (χ1n) is 6.50. The number of halogens is 3. The summed E-state index contributed by atoms with van der Waals surface area (Å²) in [6, 6.07) is 3.71. The van der Waals surface area contributed by atoms with E-state index in [-0.39, 0.29) is 24.2 Å². The number of amides is 1. The fraction of sp³-hybridized carbons (Fsp3) is 0.429. The number of hydrogen-bond acceptors (Lipinski definition) is 3. The van der Waals surface area contributed by atoms with Gasteiger partial charge in [0, 0.05) is 0 Å². The van der Waals surface area contributed by atoms with Gasteiger partial charge in [-0.2, -0.15) is 5.26 Å². The monoisotopic (exact) mass is 297 g/mol. The molecule has 0 aromatic heterocycles. The summed E-state index contributed by atoms with van der Waals surface area (Å²) < 4.78 is 39.8. The molecule has 0 atom stereocenters. The molecule has 1 amide bonds. The lowest BCUT2D eigenvalue weighted by molar-refractivity contribution is -0.134. The summed E-state index contributed by atoms with van der Waals surface area (Å²) >= 11 is 0. The Morgan fingerprint density at radius 3 is 2.52 bits per heavy atom. The quantitative estimate of drug-likeness (QED) is 0.842. The van der Waals surface area contributed by atoms with Crippen LogP contribution in [0, 0.1) is 22.6 Å². The van der Waals surface area contributed by atoms with Crippen molar-refractivity contribution in [3.8, 4) is 6.07 Å². The average molecular weight is 297 g/mol. The van der Waals surface area contributed by atoms with Gasteiger partial charge in [-0.05, 0) is 25.0 Å². The molecular weight excluding hydrogens is 283 g/mol. The van der Waals surface area contributed by atoms with E-state index in [9.17, 15) is 18.0 Å². The minimum absolute atomic E-state index is 0.0233. The highest BCUT2D eigenvalue weighted by atomic mass is 19.3. The van der Waals surface area contributed by atoms with E-state index in [4.69, 9.17) is 11.0 Å². The van der Waals surface area contributed by atoms with Crippen LogP contribution in [0.15, 0.2) is 12.1 Å². The first-order chi connectivity index (χ1) is 9.92. The third-order valence-electron chi connectivity index (χ3n) is 3.92. The van der Waals surface area contributed by atoms with Crippen molar-refractivity contribution in [2.45, 2.75) is 32.1 Å². The molecule has 0 heterocycles. The first-order valence-corrected chi connectivity index (χ1v) is 6.50. The molecule has 1 aliphatic rings. The van der Waals surface area contributed by atoms with Gasteiger partial charge in [0.25, 0.3) is 6.43 Å². The lowest BCUT2D eigenvalue weighted by Crippen LogP contribution is -2.40. The molecule has 0 bridgehead atoms. The minimum Gasteiger partial charge on any atom is -0.396 e. The van der Waals surface area contributed by atoms with Gasteiger partial charge in [-0.25, -0.2) is 13.2 Å². The number of nitriles is 1. The molecule has 1 fully saturated rings. The molecule has 1 aromatic carbocycles. The summed E-state index contributed by atoms with van der Waals surface area (Å²) in [7, 11) is 0. The van der Waals surface area contributed by atoms with Gasteiger partial charge in [-0.1, -0.05) is 12.8 Å². The largest absolute Gasteiger partial charge is 0.396 e. The van der Waals surface area contributed by atoms with Gasteiger partial charge in [-0.15, -0.1) is 0 Å². The molecule has 2 rings (SSSR count). The topological polar surface area (TPSA) is 78.9 Å². The molecule has 21 heavy (non-hydrogen) atoms. The molecule has 3 N–H and O–H groups in total. The maximum Gasteiger partial charge on any atom is 0.252 e. The summed E-state index contributed by atoms with van der Waals surface area (Å²) in [5.41, 5.74) is 3.18. The SMILES string of the molecule is N#Cc1c(F)ccc(NC(=O)C2(C(F)F)CCCC2)c1N. The number of carbonyl (C=O) groups excluding carboxylic acids is 1. The van der Waals surface area contributed by atoms with Crippen LogP contribution in [0.25, 0.3) is 0 Å². The van der Waals surface area contributed by atoms with Crippen LogP contribution in [0.4, 0.5) is 24.5 Å². The van der Waals surface area contributed by atoms with Gasteiger partial charge in [0.05, 0.1) is 11.4 Å². The van der Waals surface area contributed by atoms with Crippen molar-refractivity contribution in [1.82, 2.24) is 0 Å². The molecule has 4 nitrogen and oxygen atoms in total. The van der Waals surface area contributed by atoms with Crippen molar-refractivity contribution in [3.63, 3.8) is 0 Å². The predicted octanol–water partition coefficient (Wildman–Crippen LogP) is 3.04. The number of anilines is 2. The van der Waals surface area contributed by atoms with Crippen molar-refractivity contribution < 1.29 is 18.0 Å². The maximum absolute atomic E-state index is 13.3. The summed E-state index contributed by atoms with van der Waals surface area (Å²) in [6.07, 6.45) is -1.47. The van der Waals surface area contributed by atoms with Gasteiger partial charge in [0.2, 0.25) is 5.91 Å². The van der Waals surface area contributed by atoms with E-state index in [1.54, 1.807) is 6.07 Å². The third kappa shape index (κ3) is 2.53. The molecule has 0 unspecified atom stereocenters. The van der Waals surface area contributed by atoms with E-state index < -0.39 is 29.1 Å². The highest BCUT2D eigenvalue weighted by Crippen LogP contribution is 2.44. The number of alkyl halides is 2. The molecule has 112 valence electrons. The number of nitrogen functional groups attached to an aromatic ring is 1. The van der Waals surface area contributed by atoms with Crippen LogP contribution in [-0.2, 0) is 4.79 Å².